The van der Waals surface area contributed by atoms with Crippen LogP contribution in [0.15, 0.2) is 18.2 Å². The molecule has 0 saturated carbocycles. The Bertz CT molecular complexity index is 323. The van der Waals surface area contributed by atoms with Crippen LogP contribution in [0.25, 0.3) is 0 Å². The van der Waals surface area contributed by atoms with Crippen LogP contribution in [0.5, 0.6) is 0 Å². The van der Waals surface area contributed by atoms with Crippen LogP contribution in [-0.4, -0.2) is 0 Å². The van der Waals surface area contributed by atoms with Crippen molar-refractivity contribution >= 4 is 11.6 Å². The minimum Gasteiger partial charge on any atom is -0.271 e. The summed E-state index contributed by atoms with van der Waals surface area (Å²) in [4.78, 5) is 0. The lowest BCUT2D eigenvalue weighted by Gasteiger charge is -2.20. The lowest BCUT2D eigenvalue weighted by molar-refractivity contribution is 0.438. The summed E-state index contributed by atoms with van der Waals surface area (Å²) in [6.45, 7) is 6.36. The number of benzene rings is 1. The third kappa shape index (κ3) is 3.20. The minimum absolute atomic E-state index is 0.136. The molecule has 0 saturated heterocycles. The zero-order valence-electron chi connectivity index (χ0n) is 9.55. The molecule has 3 N–H and O–H groups in total. The van der Waals surface area contributed by atoms with Gasteiger partial charge in [-0.1, -0.05) is 43.6 Å². The second-order valence-corrected chi connectivity index (χ2v) is 4.70. The van der Waals surface area contributed by atoms with Crippen LogP contribution in [0.3, 0.4) is 0 Å². The number of rotatable bonds is 4. The van der Waals surface area contributed by atoms with Crippen LogP contribution < -0.4 is 11.3 Å². The molecular formula is C12H19ClN2. The first-order valence-corrected chi connectivity index (χ1v) is 5.65. The zero-order valence-corrected chi connectivity index (χ0v) is 10.3. The number of aryl methyl sites for hydroxylation is 1. The Morgan fingerprint density at radius 1 is 1.40 bits per heavy atom. The molecule has 0 bridgehead atoms. The Morgan fingerprint density at radius 3 is 2.60 bits per heavy atom. The summed E-state index contributed by atoms with van der Waals surface area (Å²) in [6, 6.07) is 6.19. The average molecular weight is 227 g/mol. The summed E-state index contributed by atoms with van der Waals surface area (Å²) >= 11 is 6.25. The zero-order chi connectivity index (χ0) is 11.4. The molecule has 0 aliphatic rings. The highest BCUT2D eigenvalue weighted by Crippen LogP contribution is 2.29. The molecule has 15 heavy (non-hydrogen) atoms. The molecule has 0 heterocycles. The van der Waals surface area contributed by atoms with Crippen molar-refractivity contribution in [3.05, 3.63) is 34.3 Å². The van der Waals surface area contributed by atoms with E-state index in [9.17, 15) is 0 Å². The van der Waals surface area contributed by atoms with Gasteiger partial charge in [-0.05, 0) is 30.4 Å². The molecular weight excluding hydrogens is 208 g/mol. The highest BCUT2D eigenvalue weighted by Gasteiger charge is 2.15. The second-order valence-electron chi connectivity index (χ2n) is 4.33. The molecule has 1 unspecified atom stereocenters. The third-order valence-electron chi connectivity index (χ3n) is 2.51. The molecule has 84 valence electrons. The number of hydrogen-bond donors (Lipinski definition) is 2. The van der Waals surface area contributed by atoms with E-state index in [1.165, 1.54) is 0 Å². The van der Waals surface area contributed by atoms with Gasteiger partial charge < -0.3 is 0 Å². The largest absolute Gasteiger partial charge is 0.271 e. The fraction of sp³-hybridized carbons (Fsp3) is 0.500. The predicted molar refractivity (Wildman–Crippen MR) is 65.7 cm³/mol. The molecule has 0 radical (unpaired) electrons. The van der Waals surface area contributed by atoms with E-state index in [-0.39, 0.29) is 6.04 Å². The molecule has 3 heteroatoms. The van der Waals surface area contributed by atoms with Crippen LogP contribution in [0.4, 0.5) is 0 Å². The highest BCUT2D eigenvalue weighted by molar-refractivity contribution is 6.32. The summed E-state index contributed by atoms with van der Waals surface area (Å²) in [5, 5.41) is 0.820. The Kier molecular flexibility index (Phi) is 4.58. The van der Waals surface area contributed by atoms with Crippen LogP contribution >= 0.6 is 11.6 Å². The first kappa shape index (κ1) is 12.5. The number of nitrogens with one attached hydrogen (secondary N) is 1. The molecule has 0 spiro atoms. The van der Waals surface area contributed by atoms with Gasteiger partial charge >= 0.3 is 0 Å². The SMILES string of the molecule is Cc1cccc(C(CC(C)C)NN)c1Cl. The van der Waals surface area contributed by atoms with E-state index in [0.717, 1.165) is 22.6 Å². The van der Waals surface area contributed by atoms with Crippen molar-refractivity contribution in [2.75, 3.05) is 0 Å². The first-order chi connectivity index (χ1) is 7.06. The molecule has 1 aromatic rings. The van der Waals surface area contributed by atoms with Crippen LogP contribution in [0, 0.1) is 12.8 Å². The Morgan fingerprint density at radius 2 is 2.07 bits per heavy atom. The van der Waals surface area contributed by atoms with E-state index < -0.39 is 0 Å². The van der Waals surface area contributed by atoms with Crippen molar-refractivity contribution in [3.8, 4) is 0 Å². The van der Waals surface area contributed by atoms with Crippen LogP contribution in [-0.2, 0) is 0 Å². The lowest BCUT2D eigenvalue weighted by Crippen LogP contribution is -2.29. The van der Waals surface area contributed by atoms with Crippen LogP contribution in [0.1, 0.15) is 37.4 Å². The molecule has 0 amide bonds. The van der Waals surface area contributed by atoms with Gasteiger partial charge in [-0.3, -0.25) is 11.3 Å². The average Bonchev–Trinajstić information content (AvgIpc) is 2.19. The maximum absolute atomic E-state index is 6.25. The van der Waals surface area contributed by atoms with Crippen molar-refractivity contribution < 1.29 is 0 Å². The van der Waals surface area contributed by atoms with Gasteiger partial charge in [0.15, 0.2) is 0 Å². The molecule has 1 rings (SSSR count). The van der Waals surface area contributed by atoms with Gasteiger partial charge in [-0.15, -0.1) is 0 Å². The number of nitrogens with two attached hydrogens (primary N) is 1. The first-order valence-electron chi connectivity index (χ1n) is 5.27. The smallest absolute Gasteiger partial charge is 0.0483 e. The van der Waals surface area contributed by atoms with E-state index in [2.05, 4.69) is 19.3 Å². The van der Waals surface area contributed by atoms with E-state index in [4.69, 9.17) is 17.4 Å². The van der Waals surface area contributed by atoms with Crippen molar-refractivity contribution in [2.45, 2.75) is 33.2 Å². The standard InChI is InChI=1S/C12H19ClN2/c1-8(2)7-11(15-14)10-6-4-5-9(3)12(10)13/h4-6,8,11,15H,7,14H2,1-3H3. The fourth-order valence-electron chi connectivity index (χ4n) is 1.70. The van der Waals surface area contributed by atoms with Gasteiger partial charge in [0.05, 0.1) is 0 Å². The fourth-order valence-corrected chi connectivity index (χ4v) is 1.95. The summed E-state index contributed by atoms with van der Waals surface area (Å²) in [5.41, 5.74) is 5.02. The monoisotopic (exact) mass is 226 g/mol. The summed E-state index contributed by atoms with van der Waals surface area (Å²) < 4.78 is 0. The van der Waals surface area contributed by atoms with Gasteiger partial charge in [0.25, 0.3) is 0 Å². The maximum Gasteiger partial charge on any atom is 0.0483 e. The van der Waals surface area contributed by atoms with Crippen LogP contribution in [0.2, 0.25) is 5.02 Å². The van der Waals surface area contributed by atoms with E-state index in [1.807, 2.05) is 25.1 Å². The molecule has 0 aromatic heterocycles. The van der Waals surface area contributed by atoms with Crippen molar-refractivity contribution in [3.63, 3.8) is 0 Å². The Labute approximate surface area is 96.8 Å². The molecule has 1 aromatic carbocycles. The maximum atomic E-state index is 6.25. The van der Waals surface area contributed by atoms with E-state index in [0.29, 0.717) is 5.92 Å². The molecule has 0 aliphatic heterocycles. The summed E-state index contributed by atoms with van der Waals surface area (Å²) in [7, 11) is 0. The van der Waals surface area contributed by atoms with Gasteiger partial charge in [-0.2, -0.15) is 0 Å². The third-order valence-corrected chi connectivity index (χ3v) is 3.02. The van der Waals surface area contributed by atoms with E-state index >= 15 is 0 Å². The lowest BCUT2D eigenvalue weighted by atomic mass is 9.96. The van der Waals surface area contributed by atoms with Gasteiger partial charge in [0.1, 0.15) is 0 Å². The van der Waals surface area contributed by atoms with Gasteiger partial charge in [0.2, 0.25) is 0 Å². The Hall–Kier alpha value is -0.570. The Balaban J connectivity index is 2.96. The number of hydrogen-bond acceptors (Lipinski definition) is 2. The normalized spacial score (nSPS) is 13.2. The summed E-state index contributed by atoms with van der Waals surface area (Å²) in [6.07, 6.45) is 0.986. The minimum atomic E-state index is 0.136. The molecule has 1 atom stereocenters. The highest BCUT2D eigenvalue weighted by atomic mass is 35.5. The van der Waals surface area contributed by atoms with Gasteiger partial charge in [-0.25, -0.2) is 0 Å². The quantitative estimate of drug-likeness (QED) is 0.611. The second kappa shape index (κ2) is 5.50. The topological polar surface area (TPSA) is 38.0 Å². The summed E-state index contributed by atoms with van der Waals surface area (Å²) in [5.74, 6) is 6.15. The van der Waals surface area contributed by atoms with Gasteiger partial charge in [0, 0.05) is 11.1 Å². The van der Waals surface area contributed by atoms with E-state index in [1.54, 1.807) is 0 Å². The van der Waals surface area contributed by atoms with Crippen molar-refractivity contribution in [1.29, 1.82) is 0 Å². The predicted octanol–water partition coefficient (Wildman–Crippen LogP) is 3.20. The molecule has 0 fully saturated rings. The molecule has 2 nitrogen and oxygen atoms in total. The van der Waals surface area contributed by atoms with Crippen molar-refractivity contribution in [2.24, 2.45) is 11.8 Å². The molecule has 0 aliphatic carbocycles. The number of halogens is 1. The van der Waals surface area contributed by atoms with Crippen molar-refractivity contribution in [1.82, 2.24) is 5.43 Å². The number of hydrazine groups is 1.